The number of nitrogens with zero attached hydrogens (tertiary/aromatic N) is 1. The molecular weight excluding hydrogens is 278 g/mol. The van der Waals surface area contributed by atoms with E-state index in [1.165, 1.54) is 0 Å². The Morgan fingerprint density at radius 2 is 2.00 bits per heavy atom. The van der Waals surface area contributed by atoms with Gasteiger partial charge in [-0.05, 0) is 30.2 Å². The van der Waals surface area contributed by atoms with Crippen LogP contribution in [0.5, 0.6) is 5.75 Å². The van der Waals surface area contributed by atoms with E-state index < -0.39 is 0 Å². The summed E-state index contributed by atoms with van der Waals surface area (Å²) < 4.78 is 5.28. The average Bonchev–Trinajstić information content (AvgIpc) is 2.49. The molecule has 2 aromatic rings. The van der Waals surface area contributed by atoms with Crippen LogP contribution < -0.4 is 15.4 Å². The molecule has 22 heavy (non-hydrogen) atoms. The fraction of sp³-hybridized carbons (Fsp3) is 0.294. The van der Waals surface area contributed by atoms with Crippen molar-refractivity contribution in [3.8, 4) is 5.75 Å². The van der Waals surface area contributed by atoms with E-state index in [0.29, 0.717) is 23.8 Å². The van der Waals surface area contributed by atoms with Crippen LogP contribution >= 0.6 is 0 Å². The van der Waals surface area contributed by atoms with E-state index in [9.17, 15) is 4.79 Å². The molecule has 116 valence electrons. The molecule has 0 spiro atoms. The summed E-state index contributed by atoms with van der Waals surface area (Å²) in [6, 6.07) is 11.3. The zero-order valence-corrected chi connectivity index (χ0v) is 13.1. The zero-order valence-electron chi connectivity index (χ0n) is 13.1. The van der Waals surface area contributed by atoms with E-state index in [0.717, 1.165) is 11.4 Å². The van der Waals surface area contributed by atoms with Gasteiger partial charge in [0, 0.05) is 6.42 Å². The van der Waals surface area contributed by atoms with Crippen LogP contribution in [-0.2, 0) is 4.79 Å². The normalized spacial score (nSPS) is 10.4. The van der Waals surface area contributed by atoms with E-state index in [-0.39, 0.29) is 5.91 Å². The van der Waals surface area contributed by atoms with E-state index in [2.05, 4.69) is 15.6 Å². The first kappa shape index (κ1) is 15.8. The van der Waals surface area contributed by atoms with Gasteiger partial charge in [0.05, 0.1) is 24.7 Å². The highest BCUT2D eigenvalue weighted by atomic mass is 16.5. The Balaban J connectivity index is 2.01. The number of carbonyl (C=O) groups is 1. The molecule has 5 heteroatoms. The van der Waals surface area contributed by atoms with Gasteiger partial charge in [-0.1, -0.05) is 26.0 Å². The maximum Gasteiger partial charge on any atom is 0.224 e. The Morgan fingerprint density at radius 1 is 1.23 bits per heavy atom. The molecule has 0 saturated carbocycles. The molecule has 1 amide bonds. The number of aromatic nitrogens is 1. The lowest BCUT2D eigenvalue weighted by molar-refractivity contribution is -0.116. The van der Waals surface area contributed by atoms with Crippen molar-refractivity contribution in [1.82, 2.24) is 4.98 Å². The van der Waals surface area contributed by atoms with Crippen LogP contribution in [0.25, 0.3) is 0 Å². The third-order valence-corrected chi connectivity index (χ3v) is 3.01. The largest absolute Gasteiger partial charge is 0.495 e. The van der Waals surface area contributed by atoms with E-state index >= 15 is 0 Å². The number of benzene rings is 1. The van der Waals surface area contributed by atoms with Crippen LogP contribution in [0.3, 0.4) is 0 Å². The minimum Gasteiger partial charge on any atom is -0.495 e. The molecule has 0 bridgehead atoms. The molecule has 0 aliphatic carbocycles. The highest BCUT2D eigenvalue weighted by molar-refractivity contribution is 5.90. The van der Waals surface area contributed by atoms with Crippen molar-refractivity contribution >= 4 is 23.1 Å². The first-order valence-electron chi connectivity index (χ1n) is 7.24. The van der Waals surface area contributed by atoms with Crippen LogP contribution in [0.2, 0.25) is 0 Å². The number of nitrogens with one attached hydrogen (secondary N) is 2. The summed E-state index contributed by atoms with van der Waals surface area (Å²) in [7, 11) is 1.63. The monoisotopic (exact) mass is 299 g/mol. The summed E-state index contributed by atoms with van der Waals surface area (Å²) in [6.07, 6.45) is 2.14. The van der Waals surface area contributed by atoms with Gasteiger partial charge in [-0.25, -0.2) is 4.98 Å². The SMILES string of the molecule is COc1ccccc1Nc1ccc(NC(=O)CC(C)C)cn1. The second kappa shape index (κ2) is 7.45. The van der Waals surface area contributed by atoms with Crippen LogP contribution in [0.1, 0.15) is 20.3 Å². The number of para-hydroxylation sites is 2. The van der Waals surface area contributed by atoms with E-state index in [1.807, 2.05) is 50.2 Å². The zero-order chi connectivity index (χ0) is 15.9. The average molecular weight is 299 g/mol. The number of hydrogen-bond acceptors (Lipinski definition) is 4. The number of methoxy groups -OCH3 is 1. The maximum absolute atomic E-state index is 11.7. The van der Waals surface area contributed by atoms with Gasteiger partial charge in [-0.15, -0.1) is 0 Å². The predicted molar refractivity (Wildman–Crippen MR) is 88.6 cm³/mol. The van der Waals surface area contributed by atoms with Gasteiger partial charge in [0.2, 0.25) is 5.91 Å². The standard InChI is InChI=1S/C17H21N3O2/c1-12(2)10-17(21)19-13-8-9-16(18-11-13)20-14-6-4-5-7-15(14)22-3/h4-9,11-12H,10H2,1-3H3,(H,18,20)(H,19,21). The van der Waals surface area contributed by atoms with Gasteiger partial charge in [-0.3, -0.25) is 4.79 Å². The molecule has 2 rings (SSSR count). The first-order chi connectivity index (χ1) is 10.6. The number of carbonyl (C=O) groups excluding carboxylic acids is 1. The van der Waals surface area contributed by atoms with Crippen molar-refractivity contribution in [3.05, 3.63) is 42.6 Å². The van der Waals surface area contributed by atoms with Gasteiger partial charge in [0.25, 0.3) is 0 Å². The van der Waals surface area contributed by atoms with Crippen molar-refractivity contribution < 1.29 is 9.53 Å². The highest BCUT2D eigenvalue weighted by Gasteiger charge is 2.06. The topological polar surface area (TPSA) is 63.2 Å². The van der Waals surface area contributed by atoms with Gasteiger partial charge in [0.15, 0.2) is 0 Å². The van der Waals surface area contributed by atoms with Crippen molar-refractivity contribution in [2.45, 2.75) is 20.3 Å². The Hall–Kier alpha value is -2.56. The first-order valence-corrected chi connectivity index (χ1v) is 7.24. The molecular formula is C17H21N3O2. The summed E-state index contributed by atoms with van der Waals surface area (Å²) in [5.74, 6) is 1.77. The molecule has 0 saturated heterocycles. The number of ether oxygens (including phenoxy) is 1. The summed E-state index contributed by atoms with van der Waals surface area (Å²) in [5.41, 5.74) is 1.53. The molecule has 1 aromatic carbocycles. The Kier molecular flexibility index (Phi) is 5.36. The molecule has 1 aromatic heterocycles. The number of rotatable bonds is 6. The predicted octanol–water partition coefficient (Wildman–Crippen LogP) is 3.82. The fourth-order valence-electron chi connectivity index (χ4n) is 2.01. The maximum atomic E-state index is 11.7. The van der Waals surface area contributed by atoms with Crippen molar-refractivity contribution in [3.63, 3.8) is 0 Å². The molecule has 0 radical (unpaired) electrons. The van der Waals surface area contributed by atoms with Crippen LogP contribution in [-0.4, -0.2) is 18.0 Å². The Bertz CT molecular complexity index is 624. The van der Waals surface area contributed by atoms with Gasteiger partial charge < -0.3 is 15.4 Å². The van der Waals surface area contributed by atoms with Crippen LogP contribution in [0.4, 0.5) is 17.2 Å². The molecule has 0 unspecified atom stereocenters. The third kappa shape index (κ3) is 4.48. The molecule has 5 nitrogen and oxygen atoms in total. The highest BCUT2D eigenvalue weighted by Crippen LogP contribution is 2.26. The molecule has 1 heterocycles. The molecule has 0 aliphatic rings. The Morgan fingerprint density at radius 3 is 2.64 bits per heavy atom. The number of amides is 1. The van der Waals surface area contributed by atoms with Crippen molar-refractivity contribution in [2.24, 2.45) is 5.92 Å². The third-order valence-electron chi connectivity index (χ3n) is 3.01. The van der Waals surface area contributed by atoms with Gasteiger partial charge in [-0.2, -0.15) is 0 Å². The summed E-state index contributed by atoms with van der Waals surface area (Å²) in [4.78, 5) is 16.0. The second-order valence-electron chi connectivity index (χ2n) is 5.40. The molecule has 0 atom stereocenters. The molecule has 0 fully saturated rings. The minimum atomic E-state index is 0.00207. The van der Waals surface area contributed by atoms with Crippen molar-refractivity contribution in [2.75, 3.05) is 17.7 Å². The Labute approximate surface area is 130 Å². The number of anilines is 3. The lowest BCUT2D eigenvalue weighted by Crippen LogP contribution is -2.13. The lowest BCUT2D eigenvalue weighted by Gasteiger charge is -2.11. The van der Waals surface area contributed by atoms with Gasteiger partial charge in [0.1, 0.15) is 11.6 Å². The fourth-order valence-corrected chi connectivity index (χ4v) is 2.01. The van der Waals surface area contributed by atoms with Gasteiger partial charge >= 0.3 is 0 Å². The minimum absolute atomic E-state index is 0.00207. The van der Waals surface area contributed by atoms with E-state index in [1.54, 1.807) is 13.3 Å². The quantitative estimate of drug-likeness (QED) is 0.851. The van der Waals surface area contributed by atoms with E-state index in [4.69, 9.17) is 4.74 Å². The smallest absolute Gasteiger partial charge is 0.224 e. The van der Waals surface area contributed by atoms with Crippen LogP contribution in [0.15, 0.2) is 42.6 Å². The second-order valence-corrected chi connectivity index (χ2v) is 5.40. The molecule has 2 N–H and O–H groups in total. The number of pyridine rings is 1. The molecule has 0 aliphatic heterocycles. The lowest BCUT2D eigenvalue weighted by atomic mass is 10.1. The summed E-state index contributed by atoms with van der Waals surface area (Å²) in [6.45, 7) is 4.02. The summed E-state index contributed by atoms with van der Waals surface area (Å²) in [5, 5.41) is 6.02. The van der Waals surface area contributed by atoms with Crippen molar-refractivity contribution in [1.29, 1.82) is 0 Å². The summed E-state index contributed by atoms with van der Waals surface area (Å²) >= 11 is 0. The van der Waals surface area contributed by atoms with Crippen LogP contribution in [0, 0.1) is 5.92 Å². The number of hydrogen-bond donors (Lipinski definition) is 2.